The van der Waals surface area contributed by atoms with E-state index in [-0.39, 0.29) is 6.03 Å². The molecule has 1 aromatic heterocycles. The number of carbonyl (C=O) groups is 1. The molecule has 7 heteroatoms. The Kier molecular flexibility index (Phi) is 7.19. The van der Waals surface area contributed by atoms with Crippen LogP contribution in [0.2, 0.25) is 0 Å². The van der Waals surface area contributed by atoms with Gasteiger partial charge >= 0.3 is 6.03 Å². The highest BCUT2D eigenvalue weighted by Crippen LogP contribution is 2.10. The molecule has 28 heavy (non-hydrogen) atoms. The summed E-state index contributed by atoms with van der Waals surface area (Å²) < 4.78 is 0. The van der Waals surface area contributed by atoms with Gasteiger partial charge < -0.3 is 15.1 Å². The lowest BCUT2D eigenvalue weighted by molar-refractivity contribution is 0.205. The Morgan fingerprint density at radius 3 is 2.54 bits per heavy atom. The normalized spacial score (nSPS) is 14.7. The van der Waals surface area contributed by atoms with E-state index >= 15 is 0 Å². The Morgan fingerprint density at radius 2 is 1.82 bits per heavy atom. The summed E-state index contributed by atoms with van der Waals surface area (Å²) in [7, 11) is 1.84. The first-order chi connectivity index (χ1) is 13.6. The number of rotatable bonds is 7. The Balaban J connectivity index is 1.31. The molecule has 0 aliphatic carbocycles. The topological polar surface area (TPSA) is 64.6 Å². The molecule has 1 N–H and O–H groups in total. The molecule has 1 aromatic carbocycles. The maximum Gasteiger partial charge on any atom is 0.317 e. The van der Waals surface area contributed by atoms with E-state index in [1.165, 1.54) is 11.1 Å². The van der Waals surface area contributed by atoms with Crippen molar-refractivity contribution in [2.75, 3.05) is 51.2 Å². The third-order valence-electron chi connectivity index (χ3n) is 5.15. The largest absolute Gasteiger partial charge is 0.338 e. The van der Waals surface area contributed by atoms with E-state index in [9.17, 15) is 4.79 Å². The van der Waals surface area contributed by atoms with Crippen LogP contribution >= 0.6 is 0 Å². The number of aromatic nitrogens is 2. The van der Waals surface area contributed by atoms with Gasteiger partial charge in [0.2, 0.25) is 5.95 Å². The van der Waals surface area contributed by atoms with Crippen LogP contribution in [0, 0.1) is 6.92 Å². The molecule has 0 atom stereocenters. The molecule has 0 saturated carbocycles. The lowest BCUT2D eigenvalue weighted by Crippen LogP contribution is -2.47. The first-order valence-electron chi connectivity index (χ1n) is 9.91. The van der Waals surface area contributed by atoms with Crippen molar-refractivity contribution in [1.29, 1.82) is 0 Å². The molecule has 2 aromatic rings. The number of nitrogens with zero attached hydrogens (tertiary/aromatic N) is 5. The van der Waals surface area contributed by atoms with E-state index in [2.05, 4.69) is 44.1 Å². The highest BCUT2D eigenvalue weighted by Gasteiger charge is 2.18. The van der Waals surface area contributed by atoms with Crippen molar-refractivity contribution >= 4 is 12.0 Å². The van der Waals surface area contributed by atoms with Crippen LogP contribution in [-0.2, 0) is 6.54 Å². The molecule has 1 aliphatic rings. The summed E-state index contributed by atoms with van der Waals surface area (Å²) in [5.74, 6) is 0.811. The fourth-order valence-electron chi connectivity index (χ4n) is 3.37. The minimum atomic E-state index is -0.0192. The summed E-state index contributed by atoms with van der Waals surface area (Å²) in [5.41, 5.74) is 2.39. The van der Waals surface area contributed by atoms with Crippen molar-refractivity contribution in [3.63, 3.8) is 0 Å². The first kappa shape index (κ1) is 20.1. The molecule has 1 fully saturated rings. The van der Waals surface area contributed by atoms with Gasteiger partial charge in [0.25, 0.3) is 0 Å². The second-order valence-corrected chi connectivity index (χ2v) is 7.25. The van der Waals surface area contributed by atoms with Crippen LogP contribution in [0.15, 0.2) is 42.7 Å². The zero-order chi connectivity index (χ0) is 19.8. The minimum absolute atomic E-state index is 0.0192. The van der Waals surface area contributed by atoms with E-state index in [1.807, 2.05) is 25.2 Å². The molecule has 1 saturated heterocycles. The van der Waals surface area contributed by atoms with Crippen molar-refractivity contribution < 1.29 is 4.79 Å². The molecule has 1 aliphatic heterocycles. The number of piperazine rings is 1. The quantitative estimate of drug-likeness (QED) is 0.744. The lowest BCUT2D eigenvalue weighted by atomic mass is 10.1. The molecule has 2 amide bonds. The highest BCUT2D eigenvalue weighted by molar-refractivity contribution is 5.73. The van der Waals surface area contributed by atoms with Gasteiger partial charge in [0, 0.05) is 58.7 Å². The predicted molar refractivity (Wildman–Crippen MR) is 111 cm³/mol. The molecular formula is C21H30N6O. The number of amides is 2. The van der Waals surface area contributed by atoms with Crippen molar-refractivity contribution in [3.8, 4) is 0 Å². The van der Waals surface area contributed by atoms with Crippen LogP contribution in [0.4, 0.5) is 10.7 Å². The maximum absolute atomic E-state index is 12.3. The Morgan fingerprint density at radius 1 is 1.11 bits per heavy atom. The van der Waals surface area contributed by atoms with Crippen LogP contribution in [0.5, 0.6) is 0 Å². The van der Waals surface area contributed by atoms with Crippen molar-refractivity contribution in [2.24, 2.45) is 0 Å². The lowest BCUT2D eigenvalue weighted by Gasteiger charge is -2.34. The van der Waals surface area contributed by atoms with Crippen molar-refractivity contribution in [2.45, 2.75) is 19.9 Å². The number of hydrogen-bond donors (Lipinski definition) is 1. The van der Waals surface area contributed by atoms with Gasteiger partial charge in [-0.05, 0) is 37.1 Å². The second-order valence-electron chi connectivity index (χ2n) is 7.25. The number of nitrogens with one attached hydrogen (secondary N) is 1. The van der Waals surface area contributed by atoms with Gasteiger partial charge in [-0.1, -0.05) is 24.3 Å². The van der Waals surface area contributed by atoms with E-state index in [4.69, 9.17) is 0 Å². The number of benzene rings is 1. The number of carbonyl (C=O) groups excluding carboxylic acids is 1. The van der Waals surface area contributed by atoms with Gasteiger partial charge in [-0.15, -0.1) is 0 Å². The molecule has 0 bridgehead atoms. The third-order valence-corrected chi connectivity index (χ3v) is 5.15. The molecular weight excluding hydrogens is 352 g/mol. The molecule has 0 spiro atoms. The van der Waals surface area contributed by atoms with Crippen molar-refractivity contribution in [1.82, 2.24) is 25.1 Å². The number of urea groups is 1. The highest BCUT2D eigenvalue weighted by atomic mass is 16.2. The van der Waals surface area contributed by atoms with E-state index in [0.29, 0.717) is 13.1 Å². The molecule has 0 unspecified atom stereocenters. The summed E-state index contributed by atoms with van der Waals surface area (Å²) in [5, 5.41) is 3.03. The van der Waals surface area contributed by atoms with Crippen LogP contribution < -0.4 is 10.2 Å². The summed E-state index contributed by atoms with van der Waals surface area (Å²) in [6, 6.07) is 9.99. The molecule has 0 radical (unpaired) electrons. The Labute approximate surface area is 167 Å². The van der Waals surface area contributed by atoms with Gasteiger partial charge in [0.05, 0.1) is 0 Å². The SMILES string of the molecule is Cc1ccccc1CN(C)C(=O)NCCCN1CCN(c2ncccn2)CC1. The van der Waals surface area contributed by atoms with Gasteiger partial charge in [-0.25, -0.2) is 14.8 Å². The van der Waals surface area contributed by atoms with Crippen LogP contribution in [0.1, 0.15) is 17.5 Å². The predicted octanol–water partition coefficient (Wildman–Crippen LogP) is 2.14. The van der Waals surface area contributed by atoms with E-state index < -0.39 is 0 Å². The van der Waals surface area contributed by atoms with Crippen LogP contribution in [0.3, 0.4) is 0 Å². The Bertz CT molecular complexity index is 746. The second kappa shape index (κ2) is 10.0. The van der Waals surface area contributed by atoms with E-state index in [1.54, 1.807) is 17.3 Å². The summed E-state index contributed by atoms with van der Waals surface area (Å²) in [6.07, 6.45) is 4.52. The van der Waals surface area contributed by atoms with Gasteiger partial charge in [-0.3, -0.25) is 4.90 Å². The smallest absolute Gasteiger partial charge is 0.317 e. The molecule has 2 heterocycles. The van der Waals surface area contributed by atoms with Gasteiger partial charge in [-0.2, -0.15) is 0 Å². The van der Waals surface area contributed by atoms with Crippen molar-refractivity contribution in [3.05, 3.63) is 53.9 Å². The standard InChI is InChI=1S/C21H30N6O/c1-18-7-3-4-8-19(18)17-25(2)21(28)24-11-6-12-26-13-15-27(16-14-26)20-22-9-5-10-23-20/h3-5,7-10H,6,11-17H2,1-2H3,(H,24,28). The number of aryl methyl sites for hydroxylation is 1. The maximum atomic E-state index is 12.3. The minimum Gasteiger partial charge on any atom is -0.338 e. The molecule has 7 nitrogen and oxygen atoms in total. The fraction of sp³-hybridized carbons (Fsp3) is 0.476. The number of anilines is 1. The fourth-order valence-corrected chi connectivity index (χ4v) is 3.37. The Hall–Kier alpha value is -2.67. The average Bonchev–Trinajstić information content (AvgIpc) is 2.73. The van der Waals surface area contributed by atoms with Crippen LogP contribution in [-0.4, -0.2) is 72.1 Å². The summed E-state index contributed by atoms with van der Waals surface area (Å²) in [4.78, 5) is 27.3. The first-order valence-corrected chi connectivity index (χ1v) is 9.91. The zero-order valence-corrected chi connectivity index (χ0v) is 16.8. The van der Waals surface area contributed by atoms with Gasteiger partial charge in [0.1, 0.15) is 0 Å². The van der Waals surface area contributed by atoms with Gasteiger partial charge in [0.15, 0.2) is 0 Å². The molecule has 150 valence electrons. The summed E-state index contributed by atoms with van der Waals surface area (Å²) in [6.45, 7) is 8.26. The monoisotopic (exact) mass is 382 g/mol. The average molecular weight is 383 g/mol. The summed E-state index contributed by atoms with van der Waals surface area (Å²) >= 11 is 0. The number of hydrogen-bond acceptors (Lipinski definition) is 5. The van der Waals surface area contributed by atoms with Crippen LogP contribution in [0.25, 0.3) is 0 Å². The third kappa shape index (κ3) is 5.66. The van der Waals surface area contributed by atoms with E-state index in [0.717, 1.165) is 45.1 Å². The zero-order valence-electron chi connectivity index (χ0n) is 16.8. The molecule has 3 rings (SSSR count).